The number of carbonyl (C=O) groups excluding carboxylic acids is 1. The zero-order valence-corrected chi connectivity index (χ0v) is 7.68. The van der Waals surface area contributed by atoms with Gasteiger partial charge in [-0.25, -0.2) is 0 Å². The fraction of sp³-hybridized carbons (Fsp3) is 0.889. The standard InChI is InChI=1S/C9H15NO3/c1-5-2-3-6(11)8-9(13)7(12)4-10(5)8/h5-6,8-9,11,13H,2-4H2,1H3/t5-,6-,8-,9-/m1/s1. The molecule has 2 aliphatic rings. The first-order chi connectivity index (χ1) is 6.11. The molecule has 0 aliphatic carbocycles. The van der Waals surface area contributed by atoms with E-state index in [0.29, 0.717) is 19.0 Å². The minimum Gasteiger partial charge on any atom is -0.391 e. The number of piperidine rings is 1. The largest absolute Gasteiger partial charge is 0.391 e. The van der Waals surface area contributed by atoms with Crippen LogP contribution in [0.1, 0.15) is 19.8 Å². The highest BCUT2D eigenvalue weighted by Gasteiger charge is 2.47. The lowest BCUT2D eigenvalue weighted by Crippen LogP contribution is -2.52. The van der Waals surface area contributed by atoms with Crippen molar-refractivity contribution in [2.75, 3.05) is 6.54 Å². The van der Waals surface area contributed by atoms with Gasteiger partial charge in [-0.15, -0.1) is 0 Å². The second kappa shape index (κ2) is 3.04. The fourth-order valence-electron chi connectivity index (χ4n) is 2.38. The Hall–Kier alpha value is -0.450. The smallest absolute Gasteiger partial charge is 0.176 e. The number of aliphatic hydroxyl groups is 2. The maximum atomic E-state index is 11.2. The number of fused-ring (bicyclic) bond motifs is 1. The van der Waals surface area contributed by atoms with Crippen LogP contribution in [-0.4, -0.2) is 51.7 Å². The molecule has 2 aliphatic heterocycles. The number of hydrogen-bond acceptors (Lipinski definition) is 4. The number of nitrogens with zero attached hydrogens (tertiary/aromatic N) is 1. The average molecular weight is 185 g/mol. The lowest BCUT2D eigenvalue weighted by atomic mass is 9.93. The number of hydrogen-bond donors (Lipinski definition) is 2. The monoisotopic (exact) mass is 185 g/mol. The van der Waals surface area contributed by atoms with Gasteiger partial charge in [-0.3, -0.25) is 9.69 Å². The molecule has 2 rings (SSSR count). The summed E-state index contributed by atoms with van der Waals surface area (Å²) in [6.07, 6.45) is 0.0695. The third-order valence-electron chi connectivity index (χ3n) is 3.22. The van der Waals surface area contributed by atoms with Crippen molar-refractivity contribution in [2.24, 2.45) is 0 Å². The van der Waals surface area contributed by atoms with Crippen LogP contribution in [-0.2, 0) is 4.79 Å². The van der Waals surface area contributed by atoms with E-state index in [1.807, 2.05) is 11.8 Å². The molecule has 0 aromatic rings. The quantitative estimate of drug-likeness (QED) is 0.516. The molecule has 2 fully saturated rings. The van der Waals surface area contributed by atoms with Gasteiger partial charge >= 0.3 is 0 Å². The Morgan fingerprint density at radius 1 is 1.38 bits per heavy atom. The molecule has 4 nitrogen and oxygen atoms in total. The first kappa shape index (κ1) is 9.12. The molecule has 74 valence electrons. The minimum absolute atomic E-state index is 0.155. The van der Waals surface area contributed by atoms with E-state index in [4.69, 9.17) is 0 Å². The van der Waals surface area contributed by atoms with E-state index < -0.39 is 12.2 Å². The van der Waals surface area contributed by atoms with Gasteiger partial charge in [-0.2, -0.15) is 0 Å². The first-order valence-corrected chi connectivity index (χ1v) is 4.76. The van der Waals surface area contributed by atoms with Gasteiger partial charge in [0.15, 0.2) is 5.78 Å². The predicted octanol–water partition coefficient (Wildman–Crippen LogP) is -0.856. The molecule has 4 atom stereocenters. The summed E-state index contributed by atoms with van der Waals surface area (Å²) in [7, 11) is 0. The predicted molar refractivity (Wildman–Crippen MR) is 46.2 cm³/mol. The highest BCUT2D eigenvalue weighted by molar-refractivity contribution is 5.88. The normalized spacial score (nSPS) is 46.5. The van der Waals surface area contributed by atoms with Crippen molar-refractivity contribution >= 4 is 5.78 Å². The Bertz CT molecular complexity index is 231. The average Bonchev–Trinajstić information content (AvgIpc) is 2.38. The van der Waals surface area contributed by atoms with Gasteiger partial charge in [-0.1, -0.05) is 0 Å². The van der Waals surface area contributed by atoms with Crippen molar-refractivity contribution in [3.8, 4) is 0 Å². The molecular formula is C9H15NO3. The summed E-state index contributed by atoms with van der Waals surface area (Å²) in [5.41, 5.74) is 0. The second-order valence-corrected chi connectivity index (χ2v) is 4.07. The lowest BCUT2D eigenvalue weighted by Gasteiger charge is -2.38. The fourth-order valence-corrected chi connectivity index (χ4v) is 2.38. The molecule has 2 heterocycles. The van der Waals surface area contributed by atoms with Crippen molar-refractivity contribution in [1.82, 2.24) is 4.90 Å². The van der Waals surface area contributed by atoms with Crippen LogP contribution in [0.25, 0.3) is 0 Å². The molecule has 0 bridgehead atoms. The molecule has 0 aromatic heterocycles. The molecule has 4 heteroatoms. The molecule has 0 aromatic carbocycles. The number of rotatable bonds is 0. The highest BCUT2D eigenvalue weighted by Crippen LogP contribution is 2.29. The van der Waals surface area contributed by atoms with Crippen molar-refractivity contribution in [2.45, 2.75) is 44.1 Å². The van der Waals surface area contributed by atoms with E-state index in [-0.39, 0.29) is 11.8 Å². The molecular weight excluding hydrogens is 170 g/mol. The van der Waals surface area contributed by atoms with Gasteiger partial charge in [0.2, 0.25) is 0 Å². The summed E-state index contributed by atoms with van der Waals surface area (Å²) >= 11 is 0. The molecule has 0 radical (unpaired) electrons. The van der Waals surface area contributed by atoms with Crippen LogP contribution in [0.4, 0.5) is 0 Å². The first-order valence-electron chi connectivity index (χ1n) is 4.76. The number of Topliss-reactive ketones (excluding diaryl/α,β-unsaturated/α-hetero) is 1. The lowest BCUT2D eigenvalue weighted by molar-refractivity contribution is -0.124. The van der Waals surface area contributed by atoms with E-state index >= 15 is 0 Å². The van der Waals surface area contributed by atoms with E-state index in [0.717, 1.165) is 6.42 Å². The Morgan fingerprint density at radius 2 is 2.08 bits per heavy atom. The molecule has 0 spiro atoms. The van der Waals surface area contributed by atoms with E-state index in [2.05, 4.69) is 0 Å². The van der Waals surface area contributed by atoms with Gasteiger partial charge in [0, 0.05) is 6.04 Å². The van der Waals surface area contributed by atoms with Crippen molar-refractivity contribution in [3.05, 3.63) is 0 Å². The van der Waals surface area contributed by atoms with E-state index in [1.54, 1.807) is 0 Å². The van der Waals surface area contributed by atoms with Crippen LogP contribution in [0.15, 0.2) is 0 Å². The third-order valence-corrected chi connectivity index (χ3v) is 3.22. The molecule has 0 saturated carbocycles. The SMILES string of the molecule is C[C@@H]1CC[C@@H](O)[C@@H]2[C@H](O)C(=O)CN21. The van der Waals surface area contributed by atoms with Gasteiger partial charge in [0.05, 0.1) is 18.7 Å². The Kier molecular flexibility index (Phi) is 2.14. The number of aliphatic hydroxyl groups excluding tert-OH is 2. The molecule has 13 heavy (non-hydrogen) atoms. The molecule has 2 N–H and O–H groups in total. The summed E-state index contributed by atoms with van der Waals surface area (Å²) in [5, 5.41) is 19.2. The molecule has 2 saturated heterocycles. The van der Waals surface area contributed by atoms with Crippen LogP contribution in [0, 0.1) is 0 Å². The minimum atomic E-state index is -0.974. The van der Waals surface area contributed by atoms with Crippen LogP contribution >= 0.6 is 0 Å². The zero-order chi connectivity index (χ0) is 9.59. The summed E-state index contributed by atoms with van der Waals surface area (Å²) in [6.45, 7) is 2.33. The summed E-state index contributed by atoms with van der Waals surface area (Å²) < 4.78 is 0. The zero-order valence-electron chi connectivity index (χ0n) is 7.68. The Labute approximate surface area is 77.2 Å². The Balaban J connectivity index is 2.22. The highest BCUT2D eigenvalue weighted by atomic mass is 16.3. The second-order valence-electron chi connectivity index (χ2n) is 4.07. The van der Waals surface area contributed by atoms with Crippen molar-refractivity contribution in [3.63, 3.8) is 0 Å². The summed E-state index contributed by atoms with van der Waals surface area (Å²) in [6, 6.07) is -0.0502. The van der Waals surface area contributed by atoms with Crippen molar-refractivity contribution in [1.29, 1.82) is 0 Å². The topological polar surface area (TPSA) is 60.8 Å². The summed E-state index contributed by atoms with van der Waals surface area (Å²) in [4.78, 5) is 13.1. The van der Waals surface area contributed by atoms with Gasteiger partial charge in [0.25, 0.3) is 0 Å². The van der Waals surface area contributed by atoms with Crippen molar-refractivity contribution < 1.29 is 15.0 Å². The van der Waals surface area contributed by atoms with Gasteiger partial charge in [-0.05, 0) is 19.8 Å². The third kappa shape index (κ3) is 1.29. The maximum absolute atomic E-state index is 11.2. The molecule has 0 unspecified atom stereocenters. The van der Waals surface area contributed by atoms with Crippen LogP contribution < -0.4 is 0 Å². The van der Waals surface area contributed by atoms with Gasteiger partial charge in [0.1, 0.15) is 6.10 Å². The molecule has 0 amide bonds. The van der Waals surface area contributed by atoms with E-state index in [1.165, 1.54) is 0 Å². The Morgan fingerprint density at radius 3 is 2.69 bits per heavy atom. The number of carbonyl (C=O) groups is 1. The van der Waals surface area contributed by atoms with Crippen LogP contribution in [0.2, 0.25) is 0 Å². The van der Waals surface area contributed by atoms with Crippen LogP contribution in [0.3, 0.4) is 0 Å². The summed E-state index contributed by atoms with van der Waals surface area (Å²) in [5.74, 6) is -0.155. The van der Waals surface area contributed by atoms with E-state index in [9.17, 15) is 15.0 Å². The van der Waals surface area contributed by atoms with Gasteiger partial charge < -0.3 is 10.2 Å². The van der Waals surface area contributed by atoms with Crippen LogP contribution in [0.5, 0.6) is 0 Å². The number of ketones is 1. The maximum Gasteiger partial charge on any atom is 0.176 e.